The number of benzene rings is 2. The summed E-state index contributed by atoms with van der Waals surface area (Å²) < 4.78 is 27.5. The van der Waals surface area contributed by atoms with Crippen LogP contribution in [0.5, 0.6) is 0 Å². The minimum absolute atomic E-state index is 0.0927. The molecule has 0 spiro atoms. The quantitative estimate of drug-likeness (QED) is 0.378. The number of carbonyl (C=O) groups excluding carboxylic acids is 1. The highest BCUT2D eigenvalue weighted by Crippen LogP contribution is 2.28. The van der Waals surface area contributed by atoms with Crippen LogP contribution in [0.15, 0.2) is 57.8 Å². The average Bonchev–Trinajstić information content (AvgIpc) is 3.19. The Morgan fingerprint density at radius 1 is 1.13 bits per heavy atom. The van der Waals surface area contributed by atoms with Gasteiger partial charge in [0.25, 0.3) is 5.91 Å². The molecule has 0 saturated carbocycles. The van der Waals surface area contributed by atoms with Gasteiger partial charge >= 0.3 is 0 Å². The molecule has 0 aliphatic carbocycles. The fraction of sp³-hybridized carbons (Fsp3) is 0.200. The number of aromatic nitrogens is 2. The van der Waals surface area contributed by atoms with Crippen molar-refractivity contribution in [2.24, 2.45) is 0 Å². The van der Waals surface area contributed by atoms with E-state index in [1.54, 1.807) is 26.0 Å². The number of anilines is 1. The van der Waals surface area contributed by atoms with Crippen molar-refractivity contribution in [3.63, 3.8) is 0 Å². The lowest BCUT2D eigenvalue weighted by Crippen LogP contribution is -2.30. The molecule has 0 radical (unpaired) electrons. The van der Waals surface area contributed by atoms with E-state index < -0.39 is 15.9 Å². The van der Waals surface area contributed by atoms with Crippen molar-refractivity contribution in [2.75, 3.05) is 5.32 Å². The van der Waals surface area contributed by atoms with Crippen LogP contribution in [0.4, 0.5) is 5.13 Å². The molecule has 8 nitrogen and oxygen atoms in total. The van der Waals surface area contributed by atoms with Gasteiger partial charge in [-0.3, -0.25) is 10.1 Å². The summed E-state index contributed by atoms with van der Waals surface area (Å²) in [5, 5.41) is 19.9. The van der Waals surface area contributed by atoms with Crippen molar-refractivity contribution in [2.45, 2.75) is 34.9 Å². The lowest BCUT2D eigenvalue weighted by molar-refractivity contribution is 0.102. The van der Waals surface area contributed by atoms with Crippen molar-refractivity contribution < 1.29 is 13.2 Å². The van der Waals surface area contributed by atoms with Crippen molar-refractivity contribution in [3.05, 3.63) is 65.2 Å². The molecule has 160 valence electrons. The van der Waals surface area contributed by atoms with Crippen LogP contribution in [0.25, 0.3) is 0 Å². The van der Waals surface area contributed by atoms with Gasteiger partial charge < -0.3 is 0 Å². The summed E-state index contributed by atoms with van der Waals surface area (Å²) in [6.45, 7) is 3.47. The van der Waals surface area contributed by atoms with E-state index in [9.17, 15) is 13.2 Å². The summed E-state index contributed by atoms with van der Waals surface area (Å²) in [5.41, 5.74) is 1.97. The van der Waals surface area contributed by atoms with Crippen molar-refractivity contribution in [1.29, 1.82) is 5.26 Å². The maximum absolute atomic E-state index is 12.4. The molecule has 11 heteroatoms. The minimum atomic E-state index is -3.61. The van der Waals surface area contributed by atoms with Crippen LogP contribution in [0.2, 0.25) is 0 Å². The van der Waals surface area contributed by atoms with Gasteiger partial charge in [-0.1, -0.05) is 35.2 Å². The number of nitrogens with zero attached hydrogens (tertiary/aromatic N) is 3. The van der Waals surface area contributed by atoms with E-state index in [1.165, 1.54) is 47.4 Å². The molecule has 31 heavy (non-hydrogen) atoms. The fourth-order valence-corrected chi connectivity index (χ4v) is 5.43. The molecule has 0 atom stereocenters. The Labute approximate surface area is 188 Å². The van der Waals surface area contributed by atoms with Crippen molar-refractivity contribution >= 4 is 44.2 Å². The Balaban J connectivity index is 1.58. The number of rotatable bonds is 8. The molecule has 0 unspecified atom stereocenters. The number of nitriles is 1. The highest BCUT2D eigenvalue weighted by atomic mass is 32.2. The summed E-state index contributed by atoms with van der Waals surface area (Å²) in [6, 6.07) is 14.8. The Morgan fingerprint density at radius 2 is 1.81 bits per heavy atom. The van der Waals surface area contributed by atoms with Gasteiger partial charge in [-0.15, -0.1) is 10.2 Å². The third-order valence-corrected chi connectivity index (χ3v) is 7.61. The lowest BCUT2D eigenvalue weighted by atomic mass is 10.2. The zero-order valence-corrected chi connectivity index (χ0v) is 19.1. The molecule has 3 rings (SSSR count). The number of thioether (sulfide) groups is 1. The van der Waals surface area contributed by atoms with Crippen LogP contribution >= 0.6 is 23.1 Å². The van der Waals surface area contributed by atoms with Gasteiger partial charge in [-0.2, -0.15) is 5.26 Å². The molecule has 0 aliphatic rings. The van der Waals surface area contributed by atoms with Gasteiger partial charge in [0.1, 0.15) is 0 Å². The average molecular weight is 474 g/mol. The van der Waals surface area contributed by atoms with E-state index in [1.807, 2.05) is 12.1 Å². The Morgan fingerprint density at radius 3 is 2.42 bits per heavy atom. The molecule has 1 heterocycles. The highest BCUT2D eigenvalue weighted by molar-refractivity contribution is 8.00. The maximum atomic E-state index is 12.4. The van der Waals surface area contributed by atoms with Gasteiger partial charge in [0.2, 0.25) is 15.2 Å². The molecule has 2 N–H and O–H groups in total. The molecule has 1 aromatic heterocycles. The lowest BCUT2D eigenvalue weighted by Gasteiger charge is -2.09. The summed E-state index contributed by atoms with van der Waals surface area (Å²) >= 11 is 2.72. The van der Waals surface area contributed by atoms with Gasteiger partial charge in [0, 0.05) is 17.4 Å². The summed E-state index contributed by atoms with van der Waals surface area (Å²) in [6.07, 6.45) is 0. The Kier molecular flexibility index (Phi) is 7.40. The van der Waals surface area contributed by atoms with Crippen LogP contribution in [0.3, 0.4) is 0 Å². The van der Waals surface area contributed by atoms with Crippen LogP contribution in [-0.2, 0) is 15.8 Å². The SMILES string of the molecule is CC(C)NS(=O)(=O)c1ccc(C(=O)Nc2nnc(SCc3ccc(C#N)cc3)s2)cc1. The highest BCUT2D eigenvalue weighted by Gasteiger charge is 2.17. The van der Waals surface area contributed by atoms with Gasteiger partial charge in [-0.05, 0) is 55.8 Å². The van der Waals surface area contributed by atoms with Crippen molar-refractivity contribution in [1.82, 2.24) is 14.9 Å². The van der Waals surface area contributed by atoms with Crippen LogP contribution in [0.1, 0.15) is 35.3 Å². The second kappa shape index (κ2) is 10.0. The molecule has 3 aromatic rings. The predicted molar refractivity (Wildman–Crippen MR) is 120 cm³/mol. The monoisotopic (exact) mass is 473 g/mol. The molecular formula is C20H19N5O3S3. The largest absolute Gasteiger partial charge is 0.296 e. The van der Waals surface area contributed by atoms with Crippen LogP contribution < -0.4 is 10.0 Å². The number of sulfonamides is 1. The molecule has 2 aromatic carbocycles. The zero-order chi connectivity index (χ0) is 22.4. The first-order chi connectivity index (χ1) is 14.8. The van der Waals surface area contributed by atoms with Crippen LogP contribution in [-0.4, -0.2) is 30.6 Å². The third kappa shape index (κ3) is 6.35. The number of amides is 1. The van der Waals surface area contributed by atoms with Gasteiger partial charge in [0.05, 0.1) is 16.5 Å². The maximum Gasteiger partial charge on any atom is 0.257 e. The second-order valence-corrected chi connectivity index (χ2v) is 10.6. The Hall–Kier alpha value is -2.78. The van der Waals surface area contributed by atoms with E-state index in [0.29, 0.717) is 26.4 Å². The molecule has 1 amide bonds. The van der Waals surface area contributed by atoms with Gasteiger partial charge in [0.15, 0.2) is 4.34 Å². The normalized spacial score (nSPS) is 11.3. The molecular weight excluding hydrogens is 454 g/mol. The van der Waals surface area contributed by atoms with E-state index in [0.717, 1.165) is 5.56 Å². The number of nitrogens with one attached hydrogen (secondary N) is 2. The first-order valence-corrected chi connectivity index (χ1v) is 12.4. The molecule has 0 saturated heterocycles. The molecule has 0 bridgehead atoms. The summed E-state index contributed by atoms with van der Waals surface area (Å²) in [7, 11) is -3.61. The first-order valence-electron chi connectivity index (χ1n) is 9.16. The van der Waals surface area contributed by atoms with E-state index in [-0.39, 0.29) is 10.9 Å². The standard InChI is InChI=1S/C20H19N5O3S3/c1-13(2)25-31(27,28)17-9-7-16(8-10-17)18(26)22-19-23-24-20(30-19)29-12-15-5-3-14(11-21)4-6-15/h3-10,13,25H,12H2,1-2H3,(H,22,23,26). The topological polar surface area (TPSA) is 125 Å². The zero-order valence-electron chi connectivity index (χ0n) is 16.7. The fourth-order valence-electron chi connectivity index (χ4n) is 2.47. The van der Waals surface area contributed by atoms with E-state index >= 15 is 0 Å². The van der Waals surface area contributed by atoms with Gasteiger partial charge in [-0.25, -0.2) is 13.1 Å². The Bertz CT molecular complexity index is 1200. The molecule has 0 aliphatic heterocycles. The van der Waals surface area contributed by atoms with Crippen molar-refractivity contribution in [3.8, 4) is 6.07 Å². The minimum Gasteiger partial charge on any atom is -0.296 e. The number of carbonyl (C=O) groups is 1. The summed E-state index contributed by atoms with van der Waals surface area (Å²) in [5.74, 6) is 0.259. The summed E-state index contributed by atoms with van der Waals surface area (Å²) in [4.78, 5) is 12.5. The first kappa shape index (κ1) is 22.9. The predicted octanol–water partition coefficient (Wildman–Crippen LogP) is 3.64. The van der Waals surface area contributed by atoms with E-state index in [4.69, 9.17) is 5.26 Å². The number of hydrogen-bond acceptors (Lipinski definition) is 8. The van der Waals surface area contributed by atoms with E-state index in [2.05, 4.69) is 26.3 Å². The second-order valence-electron chi connectivity index (χ2n) is 6.73. The molecule has 0 fully saturated rings. The van der Waals surface area contributed by atoms with Crippen LogP contribution in [0, 0.1) is 11.3 Å². The smallest absolute Gasteiger partial charge is 0.257 e. The number of hydrogen-bond donors (Lipinski definition) is 2. The third-order valence-electron chi connectivity index (χ3n) is 3.89.